The molecule has 2 N–H and O–H groups in total. The van der Waals surface area contributed by atoms with Crippen molar-refractivity contribution in [3.8, 4) is 0 Å². The SMILES string of the molecule is CC(C)(C)OC(=O)CC[C@@H](CO)NC(=O)[C@H]1CCCN1C(=O)[C@@]12C[C@H]3OC(=O)[C@@H]1N(Cc1cccc(I)c1)O[C@@H]2[C@H]1OC(c2ccccc2)(c2ccccc2)O[C@H]13. The number of carbonyl (C=O) groups is 4. The van der Waals surface area contributed by atoms with Gasteiger partial charge in [0.1, 0.15) is 41.5 Å². The Labute approximate surface area is 345 Å². The summed E-state index contributed by atoms with van der Waals surface area (Å²) < 4.78 is 26.7. The maximum absolute atomic E-state index is 15.5. The minimum Gasteiger partial charge on any atom is -0.460 e. The van der Waals surface area contributed by atoms with E-state index >= 15 is 4.79 Å². The lowest BCUT2D eigenvalue weighted by atomic mass is 9.62. The van der Waals surface area contributed by atoms with Crippen LogP contribution in [0.1, 0.15) is 69.6 Å². The highest BCUT2D eigenvalue weighted by atomic mass is 127. The molecule has 2 amide bonds. The van der Waals surface area contributed by atoms with Gasteiger partial charge in [0.15, 0.2) is 6.04 Å². The number of hydrogen-bond donors (Lipinski definition) is 2. The molecule has 302 valence electrons. The fourth-order valence-electron chi connectivity index (χ4n) is 9.22. The van der Waals surface area contributed by atoms with Crippen molar-refractivity contribution in [2.24, 2.45) is 5.41 Å². The van der Waals surface area contributed by atoms with Gasteiger partial charge in [-0.15, -0.1) is 0 Å². The van der Waals surface area contributed by atoms with E-state index in [2.05, 4.69) is 27.9 Å². The lowest BCUT2D eigenvalue weighted by Crippen LogP contribution is -2.70. The van der Waals surface area contributed by atoms with Gasteiger partial charge in [-0.2, -0.15) is 5.06 Å². The number of aliphatic hydroxyl groups excluding tert-OH is 1. The molecule has 0 radical (unpaired) electrons. The fourth-order valence-corrected chi connectivity index (χ4v) is 9.83. The number of fused-ring (bicyclic) bond motifs is 4. The van der Waals surface area contributed by atoms with E-state index in [1.54, 1.807) is 30.7 Å². The van der Waals surface area contributed by atoms with Gasteiger partial charge in [-0.05, 0) is 80.3 Å². The van der Waals surface area contributed by atoms with E-state index in [0.29, 0.717) is 12.8 Å². The first-order valence-electron chi connectivity index (χ1n) is 19.6. The van der Waals surface area contributed by atoms with Crippen LogP contribution in [0.4, 0.5) is 0 Å². The number of halogens is 1. The van der Waals surface area contributed by atoms with Gasteiger partial charge in [0.25, 0.3) is 0 Å². The third-order valence-electron chi connectivity index (χ3n) is 11.6. The minimum atomic E-state index is -1.49. The second kappa shape index (κ2) is 15.7. The highest BCUT2D eigenvalue weighted by molar-refractivity contribution is 14.1. The zero-order valence-corrected chi connectivity index (χ0v) is 34.3. The fraction of sp³-hybridized carbons (Fsp3) is 0.488. The van der Waals surface area contributed by atoms with E-state index in [9.17, 15) is 19.5 Å². The summed E-state index contributed by atoms with van der Waals surface area (Å²) in [5, 5.41) is 14.6. The van der Waals surface area contributed by atoms with Crippen molar-refractivity contribution in [2.45, 2.75) is 113 Å². The number of rotatable bonds is 11. The predicted molar refractivity (Wildman–Crippen MR) is 213 cm³/mol. The maximum Gasteiger partial charge on any atom is 0.327 e. The first-order chi connectivity index (χ1) is 27.3. The summed E-state index contributed by atoms with van der Waals surface area (Å²) in [4.78, 5) is 64.8. The van der Waals surface area contributed by atoms with Crippen LogP contribution >= 0.6 is 22.6 Å². The first-order valence-corrected chi connectivity index (χ1v) is 20.7. The lowest BCUT2D eigenvalue weighted by molar-refractivity contribution is -0.214. The van der Waals surface area contributed by atoms with Gasteiger partial charge in [0.2, 0.25) is 17.6 Å². The van der Waals surface area contributed by atoms with E-state index in [-0.39, 0.29) is 32.4 Å². The average molecular weight is 894 g/mol. The van der Waals surface area contributed by atoms with Crippen molar-refractivity contribution >= 4 is 46.3 Å². The number of benzene rings is 3. The molecule has 0 unspecified atom stereocenters. The quantitative estimate of drug-likeness (QED) is 0.209. The van der Waals surface area contributed by atoms with Gasteiger partial charge >= 0.3 is 11.9 Å². The molecule has 5 aliphatic rings. The molecule has 4 aliphatic heterocycles. The molecular weight excluding hydrogens is 845 g/mol. The number of ether oxygens (including phenoxy) is 4. The molecule has 0 aromatic heterocycles. The molecule has 8 rings (SSSR count). The van der Waals surface area contributed by atoms with Crippen molar-refractivity contribution in [2.75, 3.05) is 13.2 Å². The van der Waals surface area contributed by atoms with Crippen molar-refractivity contribution in [3.05, 3.63) is 105 Å². The Bertz CT molecular complexity index is 1960. The normalized spacial score (nSPS) is 29.4. The van der Waals surface area contributed by atoms with Crippen LogP contribution in [0.3, 0.4) is 0 Å². The summed E-state index contributed by atoms with van der Waals surface area (Å²) in [6, 6.07) is 24.2. The standard InChI is InChI=1S/C43H48IN3O10/c1-41(2,3)54-33(49)20-19-30(25-48)45-38(50)31-18-11-21-46(31)40(52)42-23-32-34-35(56-43(55-34,27-13-6-4-7-14-27)28-15-8-5-9-16-28)37(42)57-47(36(42)39(51)53-32)24-26-12-10-17-29(44)22-26/h4-10,12-17,22,30-32,34-37,48H,11,18-21,23-25H2,1-3H3,(H,45,50)/t30-,31+,32+,34-,35-,36-,37+,42-/m0/s1. The number of amides is 2. The molecule has 3 aromatic carbocycles. The maximum atomic E-state index is 15.5. The Hall–Kier alpha value is -3.93. The van der Waals surface area contributed by atoms with Crippen molar-refractivity contribution < 1.29 is 48.1 Å². The van der Waals surface area contributed by atoms with Crippen LogP contribution in [-0.4, -0.2) is 100 Å². The van der Waals surface area contributed by atoms with Crippen LogP contribution in [0.5, 0.6) is 0 Å². The molecule has 8 atom stereocenters. The highest BCUT2D eigenvalue weighted by Crippen LogP contribution is 2.60. The summed E-state index contributed by atoms with van der Waals surface area (Å²) in [6.07, 6.45) is -2.29. The topological polar surface area (TPSA) is 153 Å². The first kappa shape index (κ1) is 39.9. The summed E-state index contributed by atoms with van der Waals surface area (Å²) in [7, 11) is 0. The second-order valence-electron chi connectivity index (χ2n) is 16.5. The number of nitrogens with one attached hydrogen (secondary N) is 1. The van der Waals surface area contributed by atoms with Gasteiger partial charge in [-0.3, -0.25) is 24.0 Å². The Morgan fingerprint density at radius 3 is 2.32 bits per heavy atom. The number of likely N-dealkylation sites (tertiary alicyclic amines) is 1. The van der Waals surface area contributed by atoms with Gasteiger partial charge in [0, 0.05) is 34.1 Å². The second-order valence-corrected chi connectivity index (χ2v) is 17.8. The van der Waals surface area contributed by atoms with Crippen LogP contribution in [0.15, 0.2) is 84.9 Å². The highest BCUT2D eigenvalue weighted by Gasteiger charge is 2.77. The Balaban J connectivity index is 1.13. The molecule has 1 saturated carbocycles. The molecule has 13 nitrogen and oxygen atoms in total. The number of esters is 2. The molecule has 5 fully saturated rings. The molecule has 57 heavy (non-hydrogen) atoms. The van der Waals surface area contributed by atoms with Crippen molar-refractivity contribution in [1.29, 1.82) is 0 Å². The lowest BCUT2D eigenvalue weighted by Gasteiger charge is -2.50. The molecular formula is C43H48IN3O10. The van der Waals surface area contributed by atoms with E-state index in [1.807, 2.05) is 84.9 Å². The summed E-state index contributed by atoms with van der Waals surface area (Å²) in [5.41, 5.74) is 0.186. The third kappa shape index (κ3) is 7.37. The number of aliphatic hydroxyl groups is 1. The van der Waals surface area contributed by atoms with Crippen LogP contribution in [0.25, 0.3) is 0 Å². The summed E-state index contributed by atoms with van der Waals surface area (Å²) in [5.74, 6) is -3.28. The van der Waals surface area contributed by atoms with Gasteiger partial charge in [0.05, 0.1) is 19.2 Å². The van der Waals surface area contributed by atoms with Gasteiger partial charge < -0.3 is 34.3 Å². The van der Waals surface area contributed by atoms with E-state index in [1.165, 1.54) is 0 Å². The van der Waals surface area contributed by atoms with Gasteiger partial charge in [-0.1, -0.05) is 72.8 Å². The van der Waals surface area contributed by atoms with Gasteiger partial charge in [-0.25, -0.2) is 0 Å². The zero-order chi connectivity index (χ0) is 40.1. The zero-order valence-electron chi connectivity index (χ0n) is 32.2. The molecule has 1 aliphatic carbocycles. The molecule has 3 aromatic rings. The van der Waals surface area contributed by atoms with E-state index in [4.69, 9.17) is 23.8 Å². The summed E-state index contributed by atoms with van der Waals surface area (Å²) >= 11 is 2.23. The third-order valence-corrected chi connectivity index (χ3v) is 12.3. The summed E-state index contributed by atoms with van der Waals surface area (Å²) in [6.45, 7) is 5.39. The Morgan fingerprint density at radius 2 is 1.67 bits per heavy atom. The Morgan fingerprint density at radius 1 is 0.982 bits per heavy atom. The molecule has 4 saturated heterocycles. The monoisotopic (exact) mass is 893 g/mol. The molecule has 0 spiro atoms. The average Bonchev–Trinajstić information content (AvgIpc) is 3.93. The number of hydroxylamine groups is 2. The minimum absolute atomic E-state index is 0.00220. The van der Waals surface area contributed by atoms with E-state index in [0.717, 1.165) is 20.3 Å². The largest absolute Gasteiger partial charge is 0.460 e. The Kier molecular flexibility index (Phi) is 11.0. The molecule has 4 heterocycles. The van der Waals surface area contributed by atoms with Crippen molar-refractivity contribution in [3.63, 3.8) is 0 Å². The van der Waals surface area contributed by atoms with Crippen LogP contribution in [-0.2, 0) is 55.3 Å². The smallest absolute Gasteiger partial charge is 0.327 e. The number of nitrogens with zero attached hydrogens (tertiary/aromatic N) is 2. The number of carbonyl (C=O) groups excluding carboxylic acids is 4. The van der Waals surface area contributed by atoms with Crippen molar-refractivity contribution in [1.82, 2.24) is 15.3 Å². The van der Waals surface area contributed by atoms with Crippen LogP contribution in [0.2, 0.25) is 0 Å². The predicted octanol–water partition coefficient (Wildman–Crippen LogP) is 4.37. The van der Waals surface area contributed by atoms with Crippen LogP contribution in [0, 0.1) is 8.99 Å². The molecule has 14 heteroatoms. The molecule has 2 bridgehead atoms. The van der Waals surface area contributed by atoms with Crippen LogP contribution < -0.4 is 5.32 Å². The van der Waals surface area contributed by atoms with E-state index < -0.39 is 89.7 Å². The number of hydrogen-bond acceptors (Lipinski definition) is 11.